The van der Waals surface area contributed by atoms with Gasteiger partial charge in [-0.05, 0) is 50.2 Å². The van der Waals surface area contributed by atoms with Gasteiger partial charge in [-0.1, -0.05) is 18.2 Å². The number of nitrogens with one attached hydrogen (secondary N) is 1. The minimum atomic E-state index is 0.722. The zero-order valence-electron chi connectivity index (χ0n) is 9.25. The number of hydrogen-bond donors (Lipinski definition) is 1. The molecule has 0 aliphatic heterocycles. The molecule has 0 aliphatic carbocycles. The third-order valence-corrected chi connectivity index (χ3v) is 2.26. The van der Waals surface area contributed by atoms with Crippen molar-refractivity contribution >= 4 is 6.08 Å². The second-order valence-electron chi connectivity index (χ2n) is 3.48. The minimum Gasteiger partial charge on any atom is -0.319 e. The molecule has 0 spiro atoms. The highest BCUT2D eigenvalue weighted by Crippen LogP contribution is 2.12. The van der Waals surface area contributed by atoms with Crippen molar-refractivity contribution in [3.8, 4) is 6.07 Å². The van der Waals surface area contributed by atoms with Gasteiger partial charge in [-0.15, -0.1) is 0 Å². The molecular formula is C13H16N2. The van der Waals surface area contributed by atoms with Crippen molar-refractivity contribution < 1.29 is 0 Å². The topological polar surface area (TPSA) is 35.8 Å². The lowest BCUT2D eigenvalue weighted by atomic mass is 10.1. The Labute approximate surface area is 91.2 Å². The number of nitrogens with zero attached hydrogens (tertiary/aromatic N) is 1. The van der Waals surface area contributed by atoms with Crippen molar-refractivity contribution in [1.82, 2.24) is 5.32 Å². The molecule has 78 valence electrons. The second kappa shape index (κ2) is 6.00. The van der Waals surface area contributed by atoms with E-state index in [1.165, 1.54) is 5.56 Å². The molecular weight excluding hydrogens is 184 g/mol. The van der Waals surface area contributed by atoms with E-state index in [2.05, 4.69) is 23.5 Å². The lowest BCUT2D eigenvalue weighted by Crippen LogP contribution is -2.05. The second-order valence-corrected chi connectivity index (χ2v) is 3.48. The van der Waals surface area contributed by atoms with E-state index < -0.39 is 0 Å². The first-order chi connectivity index (χ1) is 7.27. The van der Waals surface area contributed by atoms with Crippen LogP contribution in [0.5, 0.6) is 0 Å². The Balaban J connectivity index is 2.70. The third kappa shape index (κ3) is 3.57. The molecule has 0 aliphatic rings. The van der Waals surface area contributed by atoms with Crippen molar-refractivity contribution in [2.45, 2.75) is 13.3 Å². The summed E-state index contributed by atoms with van der Waals surface area (Å²) in [5.74, 6) is 0. The molecule has 1 aromatic rings. The van der Waals surface area contributed by atoms with Crippen LogP contribution in [0.15, 0.2) is 24.3 Å². The summed E-state index contributed by atoms with van der Waals surface area (Å²) < 4.78 is 0. The van der Waals surface area contributed by atoms with Gasteiger partial charge in [0.1, 0.15) is 0 Å². The molecule has 1 aromatic carbocycles. The summed E-state index contributed by atoms with van der Waals surface area (Å²) in [4.78, 5) is 0. The Kier molecular flexibility index (Phi) is 4.59. The van der Waals surface area contributed by atoms with Gasteiger partial charge in [0.2, 0.25) is 0 Å². The fourth-order valence-corrected chi connectivity index (χ4v) is 1.37. The van der Waals surface area contributed by atoms with Crippen molar-refractivity contribution in [1.29, 1.82) is 5.26 Å². The summed E-state index contributed by atoms with van der Waals surface area (Å²) >= 11 is 0. The normalized spacial score (nSPS) is 10.5. The van der Waals surface area contributed by atoms with Gasteiger partial charge in [-0.2, -0.15) is 5.26 Å². The smallest absolute Gasteiger partial charge is 0.0991 e. The molecule has 0 unspecified atom stereocenters. The number of rotatable bonds is 4. The summed E-state index contributed by atoms with van der Waals surface area (Å²) in [5, 5.41) is 11.8. The van der Waals surface area contributed by atoms with Gasteiger partial charge < -0.3 is 5.32 Å². The van der Waals surface area contributed by atoms with E-state index in [0.717, 1.165) is 24.1 Å². The molecule has 2 nitrogen and oxygen atoms in total. The van der Waals surface area contributed by atoms with Crippen LogP contribution in [0.2, 0.25) is 0 Å². The fourth-order valence-electron chi connectivity index (χ4n) is 1.37. The van der Waals surface area contributed by atoms with Crippen LogP contribution in [-0.4, -0.2) is 13.6 Å². The maximum Gasteiger partial charge on any atom is 0.0991 e. The maximum absolute atomic E-state index is 8.72. The molecule has 0 heterocycles. The highest BCUT2D eigenvalue weighted by Gasteiger charge is 1.95. The van der Waals surface area contributed by atoms with Gasteiger partial charge in [0, 0.05) is 0 Å². The average Bonchev–Trinajstić information content (AvgIpc) is 2.26. The van der Waals surface area contributed by atoms with E-state index in [-0.39, 0.29) is 0 Å². The molecule has 1 N–H and O–H groups in total. The minimum absolute atomic E-state index is 0.722. The fraction of sp³-hybridized carbons (Fsp3) is 0.308. The molecule has 0 saturated heterocycles. The van der Waals surface area contributed by atoms with E-state index in [0.29, 0.717) is 0 Å². The molecule has 0 fully saturated rings. The Morgan fingerprint density at radius 1 is 1.47 bits per heavy atom. The highest BCUT2D eigenvalue weighted by molar-refractivity contribution is 5.55. The first-order valence-electron chi connectivity index (χ1n) is 5.10. The molecule has 0 amide bonds. The summed E-state index contributed by atoms with van der Waals surface area (Å²) in [7, 11) is 1.95. The molecule has 2 heteroatoms. The van der Waals surface area contributed by atoms with Crippen LogP contribution in [0.3, 0.4) is 0 Å². The monoisotopic (exact) mass is 200 g/mol. The summed E-state index contributed by atoms with van der Waals surface area (Å²) in [6.45, 7) is 3.02. The Morgan fingerprint density at radius 2 is 2.27 bits per heavy atom. The molecule has 0 atom stereocenters. The Bertz CT molecular complexity index is 386. The van der Waals surface area contributed by atoms with Crippen LogP contribution in [0.25, 0.3) is 6.08 Å². The van der Waals surface area contributed by atoms with Gasteiger partial charge >= 0.3 is 0 Å². The van der Waals surface area contributed by atoms with Crippen molar-refractivity contribution in [3.63, 3.8) is 0 Å². The van der Waals surface area contributed by atoms with E-state index in [1.807, 2.05) is 32.2 Å². The van der Waals surface area contributed by atoms with Crippen LogP contribution in [0.1, 0.15) is 23.1 Å². The van der Waals surface area contributed by atoms with Gasteiger partial charge in [-0.3, -0.25) is 0 Å². The van der Waals surface area contributed by atoms with E-state index in [4.69, 9.17) is 5.26 Å². The largest absolute Gasteiger partial charge is 0.319 e. The first-order valence-corrected chi connectivity index (χ1v) is 5.10. The third-order valence-electron chi connectivity index (χ3n) is 2.26. The van der Waals surface area contributed by atoms with Gasteiger partial charge in [0.05, 0.1) is 11.6 Å². The predicted molar refractivity (Wildman–Crippen MR) is 63.5 cm³/mol. The molecule has 0 aromatic heterocycles. The molecule has 0 radical (unpaired) electrons. The Hall–Kier alpha value is -1.59. The zero-order chi connectivity index (χ0) is 11.1. The first kappa shape index (κ1) is 11.5. The van der Waals surface area contributed by atoms with E-state index in [9.17, 15) is 0 Å². The summed E-state index contributed by atoms with van der Waals surface area (Å²) in [5.41, 5.74) is 3.06. The van der Waals surface area contributed by atoms with Crippen molar-refractivity contribution in [2.24, 2.45) is 0 Å². The quantitative estimate of drug-likeness (QED) is 0.758. The number of benzene rings is 1. The molecule has 15 heavy (non-hydrogen) atoms. The van der Waals surface area contributed by atoms with Gasteiger partial charge in [-0.25, -0.2) is 0 Å². The number of aryl methyl sites for hydroxylation is 1. The lowest BCUT2D eigenvalue weighted by Gasteiger charge is -2.00. The summed E-state index contributed by atoms with van der Waals surface area (Å²) in [6.07, 6.45) is 5.27. The van der Waals surface area contributed by atoms with Crippen LogP contribution in [-0.2, 0) is 0 Å². The van der Waals surface area contributed by atoms with Crippen molar-refractivity contribution in [3.05, 3.63) is 41.0 Å². The SMILES string of the molecule is CNCCC=Cc1ccc(C#N)cc1C. The highest BCUT2D eigenvalue weighted by atomic mass is 14.8. The van der Waals surface area contributed by atoms with Crippen LogP contribution in [0.4, 0.5) is 0 Å². The molecule has 0 saturated carbocycles. The standard InChI is InChI=1S/C13H16N2/c1-11-9-12(10-14)6-7-13(11)5-3-4-8-15-2/h3,5-7,9,15H,4,8H2,1-2H3. The van der Waals surface area contributed by atoms with Crippen LogP contribution in [0, 0.1) is 18.3 Å². The van der Waals surface area contributed by atoms with Crippen LogP contribution < -0.4 is 5.32 Å². The van der Waals surface area contributed by atoms with E-state index >= 15 is 0 Å². The number of nitriles is 1. The van der Waals surface area contributed by atoms with Gasteiger partial charge in [0.15, 0.2) is 0 Å². The molecule has 0 bridgehead atoms. The Morgan fingerprint density at radius 3 is 2.87 bits per heavy atom. The van der Waals surface area contributed by atoms with Crippen molar-refractivity contribution in [2.75, 3.05) is 13.6 Å². The maximum atomic E-state index is 8.72. The molecule has 1 rings (SSSR count). The summed E-state index contributed by atoms with van der Waals surface area (Å²) in [6, 6.07) is 7.89. The zero-order valence-corrected chi connectivity index (χ0v) is 9.25. The van der Waals surface area contributed by atoms with E-state index in [1.54, 1.807) is 0 Å². The lowest BCUT2D eigenvalue weighted by molar-refractivity contribution is 0.809. The van der Waals surface area contributed by atoms with Crippen LogP contribution >= 0.6 is 0 Å². The van der Waals surface area contributed by atoms with Gasteiger partial charge in [0.25, 0.3) is 0 Å². The number of hydrogen-bond acceptors (Lipinski definition) is 2. The average molecular weight is 200 g/mol. The predicted octanol–water partition coefficient (Wildman–Crippen LogP) is 2.49.